The molecule has 2 rings (SSSR count). The minimum atomic E-state index is 0.295. The van der Waals surface area contributed by atoms with Crippen LogP contribution < -0.4 is 5.32 Å². The minimum absolute atomic E-state index is 0.295. The van der Waals surface area contributed by atoms with Gasteiger partial charge in [0.15, 0.2) is 0 Å². The van der Waals surface area contributed by atoms with Gasteiger partial charge in [0.05, 0.1) is 29.2 Å². The molecule has 0 amide bonds. The van der Waals surface area contributed by atoms with Crippen molar-refractivity contribution in [2.75, 3.05) is 11.9 Å². The van der Waals surface area contributed by atoms with Gasteiger partial charge in [-0.25, -0.2) is 0 Å². The first-order valence-corrected chi connectivity index (χ1v) is 6.05. The lowest BCUT2D eigenvalue weighted by Gasteiger charge is -2.17. The number of ether oxygens (including phenoxy) is 1. The molecular weight excluding hydrogens is 202 g/mol. The van der Waals surface area contributed by atoms with E-state index >= 15 is 0 Å². The molecule has 4 nitrogen and oxygen atoms in total. The fourth-order valence-corrected chi connectivity index (χ4v) is 2.32. The van der Waals surface area contributed by atoms with E-state index in [0.717, 1.165) is 25.3 Å². The van der Waals surface area contributed by atoms with Gasteiger partial charge in [0.1, 0.15) is 0 Å². The molecule has 4 heteroatoms. The molecule has 1 N–H and O–H groups in total. The lowest BCUT2D eigenvalue weighted by atomic mass is 10.1. The van der Waals surface area contributed by atoms with Crippen molar-refractivity contribution in [1.82, 2.24) is 9.78 Å². The quantitative estimate of drug-likeness (QED) is 0.853. The summed E-state index contributed by atoms with van der Waals surface area (Å²) in [6.07, 6.45) is 1.38. The van der Waals surface area contributed by atoms with E-state index in [4.69, 9.17) is 4.74 Å². The molecule has 0 unspecified atom stereocenters. The van der Waals surface area contributed by atoms with Crippen molar-refractivity contribution in [3.8, 4) is 0 Å². The highest BCUT2D eigenvalue weighted by atomic mass is 16.5. The molecule has 90 valence electrons. The Morgan fingerprint density at radius 2 is 2.25 bits per heavy atom. The van der Waals surface area contributed by atoms with Crippen LogP contribution in [0.3, 0.4) is 0 Å². The van der Waals surface area contributed by atoms with Gasteiger partial charge in [-0.3, -0.25) is 4.68 Å². The van der Waals surface area contributed by atoms with E-state index in [1.807, 2.05) is 4.68 Å². The van der Waals surface area contributed by atoms with Crippen LogP contribution in [0.25, 0.3) is 0 Å². The Kier molecular flexibility index (Phi) is 3.19. The van der Waals surface area contributed by atoms with Crippen molar-refractivity contribution in [3.05, 3.63) is 11.4 Å². The third kappa shape index (κ3) is 1.94. The van der Waals surface area contributed by atoms with Gasteiger partial charge in [0.25, 0.3) is 0 Å². The van der Waals surface area contributed by atoms with Gasteiger partial charge in [-0.05, 0) is 34.1 Å². The van der Waals surface area contributed by atoms with Crippen LogP contribution >= 0.6 is 0 Å². The van der Waals surface area contributed by atoms with E-state index in [2.05, 4.69) is 38.1 Å². The minimum Gasteiger partial charge on any atom is -0.377 e. The Bertz CT molecular complexity index is 373. The van der Waals surface area contributed by atoms with Gasteiger partial charge in [-0.1, -0.05) is 0 Å². The van der Waals surface area contributed by atoms with E-state index in [-0.39, 0.29) is 0 Å². The number of aromatic nitrogens is 2. The SMILES string of the molecule is CCn1nc(C)c(N[C@@H]2CCO[C@@H]2C)c1C. The zero-order chi connectivity index (χ0) is 11.7. The summed E-state index contributed by atoms with van der Waals surface area (Å²) in [5.41, 5.74) is 3.49. The predicted molar refractivity (Wildman–Crippen MR) is 64.8 cm³/mol. The van der Waals surface area contributed by atoms with Crippen LogP contribution in [-0.4, -0.2) is 28.5 Å². The number of aryl methyl sites for hydroxylation is 2. The van der Waals surface area contributed by atoms with Gasteiger partial charge in [-0.15, -0.1) is 0 Å². The Labute approximate surface area is 97.0 Å². The summed E-state index contributed by atoms with van der Waals surface area (Å²) in [6.45, 7) is 10.2. The molecular formula is C12H21N3O. The summed E-state index contributed by atoms with van der Waals surface area (Å²) in [4.78, 5) is 0. The van der Waals surface area contributed by atoms with Crippen LogP contribution in [0, 0.1) is 13.8 Å². The Balaban J connectivity index is 2.17. The van der Waals surface area contributed by atoms with Crippen molar-refractivity contribution in [1.29, 1.82) is 0 Å². The number of nitrogens with one attached hydrogen (secondary N) is 1. The second-order valence-electron chi connectivity index (χ2n) is 4.48. The second kappa shape index (κ2) is 4.45. The second-order valence-corrected chi connectivity index (χ2v) is 4.48. The first kappa shape index (κ1) is 11.5. The molecule has 0 aromatic carbocycles. The molecule has 1 aromatic rings. The van der Waals surface area contributed by atoms with Crippen LogP contribution in [0.1, 0.15) is 31.7 Å². The smallest absolute Gasteiger partial charge is 0.0828 e. The van der Waals surface area contributed by atoms with Crippen LogP contribution in [0.5, 0.6) is 0 Å². The van der Waals surface area contributed by atoms with Gasteiger partial charge in [-0.2, -0.15) is 5.10 Å². The molecule has 0 spiro atoms. The molecule has 2 heterocycles. The van der Waals surface area contributed by atoms with Crippen molar-refractivity contribution in [3.63, 3.8) is 0 Å². The normalized spacial score (nSPS) is 25.0. The summed E-state index contributed by atoms with van der Waals surface area (Å²) in [6, 6.07) is 0.423. The van der Waals surface area contributed by atoms with Crippen molar-refractivity contribution in [2.45, 2.75) is 52.8 Å². The highest BCUT2D eigenvalue weighted by molar-refractivity contribution is 5.53. The molecule has 1 saturated heterocycles. The third-order valence-electron chi connectivity index (χ3n) is 3.39. The molecule has 0 aliphatic carbocycles. The molecule has 16 heavy (non-hydrogen) atoms. The van der Waals surface area contributed by atoms with Crippen LogP contribution in [0.15, 0.2) is 0 Å². The van der Waals surface area contributed by atoms with Crippen LogP contribution in [-0.2, 0) is 11.3 Å². The highest BCUT2D eigenvalue weighted by Crippen LogP contribution is 2.24. The summed E-state index contributed by atoms with van der Waals surface area (Å²) in [7, 11) is 0. The van der Waals surface area contributed by atoms with Crippen molar-refractivity contribution in [2.24, 2.45) is 0 Å². The fraction of sp³-hybridized carbons (Fsp3) is 0.750. The standard InChI is InChI=1S/C12H21N3O/c1-5-15-9(3)12(8(2)14-15)13-11-6-7-16-10(11)4/h10-11,13H,5-7H2,1-4H3/t10-,11-/m1/s1. The van der Waals surface area contributed by atoms with E-state index in [1.54, 1.807) is 0 Å². The number of nitrogens with zero attached hydrogens (tertiary/aromatic N) is 2. The van der Waals surface area contributed by atoms with E-state index in [1.165, 1.54) is 11.4 Å². The summed E-state index contributed by atoms with van der Waals surface area (Å²) >= 11 is 0. The maximum absolute atomic E-state index is 5.56. The first-order valence-electron chi connectivity index (χ1n) is 6.05. The molecule has 0 radical (unpaired) electrons. The summed E-state index contributed by atoms with van der Waals surface area (Å²) < 4.78 is 7.60. The van der Waals surface area contributed by atoms with Gasteiger partial charge < -0.3 is 10.1 Å². The lowest BCUT2D eigenvalue weighted by molar-refractivity contribution is 0.121. The van der Waals surface area contributed by atoms with Crippen molar-refractivity contribution < 1.29 is 4.74 Å². The van der Waals surface area contributed by atoms with E-state index < -0.39 is 0 Å². The molecule has 2 atom stereocenters. The Morgan fingerprint density at radius 3 is 2.75 bits per heavy atom. The number of anilines is 1. The van der Waals surface area contributed by atoms with Crippen LogP contribution in [0.2, 0.25) is 0 Å². The Hall–Kier alpha value is -1.03. The maximum Gasteiger partial charge on any atom is 0.0828 e. The number of hydrogen-bond acceptors (Lipinski definition) is 3. The topological polar surface area (TPSA) is 39.1 Å². The third-order valence-corrected chi connectivity index (χ3v) is 3.39. The molecule has 1 aliphatic heterocycles. The molecule has 0 bridgehead atoms. The Morgan fingerprint density at radius 1 is 1.50 bits per heavy atom. The highest BCUT2D eigenvalue weighted by Gasteiger charge is 2.25. The van der Waals surface area contributed by atoms with E-state index in [0.29, 0.717) is 12.1 Å². The molecule has 0 saturated carbocycles. The maximum atomic E-state index is 5.56. The zero-order valence-electron chi connectivity index (χ0n) is 10.6. The average molecular weight is 223 g/mol. The largest absolute Gasteiger partial charge is 0.377 e. The molecule has 1 fully saturated rings. The van der Waals surface area contributed by atoms with Gasteiger partial charge in [0.2, 0.25) is 0 Å². The van der Waals surface area contributed by atoms with Gasteiger partial charge in [0, 0.05) is 13.2 Å². The zero-order valence-corrected chi connectivity index (χ0v) is 10.6. The first-order chi connectivity index (χ1) is 7.63. The van der Waals surface area contributed by atoms with E-state index in [9.17, 15) is 0 Å². The van der Waals surface area contributed by atoms with Crippen LogP contribution in [0.4, 0.5) is 5.69 Å². The fourth-order valence-electron chi connectivity index (χ4n) is 2.32. The van der Waals surface area contributed by atoms with Gasteiger partial charge >= 0.3 is 0 Å². The molecule has 1 aromatic heterocycles. The lowest BCUT2D eigenvalue weighted by Crippen LogP contribution is -2.27. The number of hydrogen-bond donors (Lipinski definition) is 1. The van der Waals surface area contributed by atoms with Crippen molar-refractivity contribution >= 4 is 5.69 Å². The molecule has 1 aliphatic rings. The summed E-state index contributed by atoms with van der Waals surface area (Å²) in [5, 5.41) is 8.08. The summed E-state index contributed by atoms with van der Waals surface area (Å²) in [5.74, 6) is 0. The number of rotatable bonds is 3. The average Bonchev–Trinajstić information content (AvgIpc) is 2.77. The predicted octanol–water partition coefficient (Wildman–Crippen LogP) is 2.11. The monoisotopic (exact) mass is 223 g/mol.